The predicted octanol–water partition coefficient (Wildman–Crippen LogP) is 6.71. The van der Waals surface area contributed by atoms with Crippen LogP contribution in [0.5, 0.6) is 0 Å². The van der Waals surface area contributed by atoms with Crippen molar-refractivity contribution >= 4 is 29.3 Å². The molecule has 0 unspecified atom stereocenters. The Morgan fingerprint density at radius 1 is 0.974 bits per heavy atom. The lowest BCUT2D eigenvalue weighted by atomic mass is 9.87. The summed E-state index contributed by atoms with van der Waals surface area (Å²) in [7, 11) is 5.27. The molecule has 39 heavy (non-hydrogen) atoms. The minimum Gasteiger partial charge on any atom is -0.466 e. The van der Waals surface area contributed by atoms with Crippen LogP contribution < -0.4 is 9.80 Å². The van der Waals surface area contributed by atoms with Gasteiger partial charge in [-0.1, -0.05) is 42.8 Å². The minimum absolute atomic E-state index is 0.135. The van der Waals surface area contributed by atoms with Crippen LogP contribution in [0.4, 0.5) is 15.8 Å². The molecule has 5 rings (SSSR count). The maximum atomic E-state index is 14.8. The third-order valence-corrected chi connectivity index (χ3v) is 7.99. The van der Waals surface area contributed by atoms with Gasteiger partial charge in [0.1, 0.15) is 5.82 Å². The number of halogens is 1. The monoisotopic (exact) mass is 527 g/mol. The fourth-order valence-corrected chi connectivity index (χ4v) is 5.92. The summed E-state index contributed by atoms with van der Waals surface area (Å²) in [6, 6.07) is 20.1. The van der Waals surface area contributed by atoms with Crippen LogP contribution in [0.1, 0.15) is 38.2 Å². The number of rotatable bonds is 8. The highest BCUT2D eigenvalue weighted by Crippen LogP contribution is 2.49. The molecular weight excluding hydrogens is 491 g/mol. The van der Waals surface area contributed by atoms with Gasteiger partial charge in [-0.2, -0.15) is 0 Å². The molecule has 0 aliphatic heterocycles. The summed E-state index contributed by atoms with van der Waals surface area (Å²) in [6.07, 6.45) is 6.70. The van der Waals surface area contributed by atoms with Crippen molar-refractivity contribution in [1.82, 2.24) is 0 Å². The number of fused-ring (bicyclic) bond motifs is 2. The van der Waals surface area contributed by atoms with Gasteiger partial charge in [-0.25, -0.2) is 9.18 Å². The van der Waals surface area contributed by atoms with Crippen LogP contribution >= 0.6 is 0 Å². The van der Waals surface area contributed by atoms with E-state index in [9.17, 15) is 15.4 Å². The second kappa shape index (κ2) is 11.4. The summed E-state index contributed by atoms with van der Waals surface area (Å²) in [4.78, 5) is 29.1. The third kappa shape index (κ3) is 6.06. The van der Waals surface area contributed by atoms with Crippen molar-refractivity contribution in [1.29, 1.82) is 0 Å². The Labute approximate surface area is 231 Å². The second-order valence-electron chi connectivity index (χ2n) is 10.8. The lowest BCUT2D eigenvalue weighted by Crippen LogP contribution is -2.38. The standard InChI is InChI=1S/C33H35FN2O3/c1-35(2)29-13-11-26(12-14-29)25-8-4-22(5-9-25)21-36(33(38)31-19-23-6-10-27(31)16-23)30-18-24(17-28(34)20-30)7-15-32(37)39-3/h4-5,7-9,11-15,17-18,20,23,27,31H,6,10,16,19,21H2,1-3H3/b15-7+/t23-,27+,31-/m1/s1/i21D/t21-,23-,27+,31-. The van der Waals surface area contributed by atoms with Gasteiger partial charge in [0.05, 0.1) is 15.0 Å². The Bertz CT molecular complexity index is 1400. The van der Waals surface area contributed by atoms with E-state index >= 15 is 0 Å². The number of carbonyl (C=O) groups is 2. The van der Waals surface area contributed by atoms with Crippen molar-refractivity contribution in [3.8, 4) is 11.1 Å². The van der Waals surface area contributed by atoms with Crippen molar-refractivity contribution in [3.63, 3.8) is 0 Å². The Balaban J connectivity index is 1.47. The SMILES string of the molecule is [2H][C@H](c1ccc(-c2ccc(N(C)C)cc2)cc1)N(C(=O)[C@@H]1C[C@@H]2CC[C@H]1C2)c1cc(F)cc(/C=C/C(=O)OC)c1. The van der Waals surface area contributed by atoms with Gasteiger partial charge < -0.3 is 14.5 Å². The van der Waals surface area contributed by atoms with Crippen molar-refractivity contribution in [3.05, 3.63) is 89.8 Å². The number of methoxy groups -OCH3 is 1. The topological polar surface area (TPSA) is 49.9 Å². The lowest BCUT2D eigenvalue weighted by Gasteiger charge is -2.30. The van der Waals surface area contributed by atoms with Gasteiger partial charge in [0.2, 0.25) is 5.91 Å². The molecule has 5 nitrogen and oxygen atoms in total. The van der Waals surface area contributed by atoms with Crippen LogP contribution in [0.25, 0.3) is 17.2 Å². The van der Waals surface area contributed by atoms with Crippen molar-refractivity contribution in [2.45, 2.75) is 32.2 Å². The van der Waals surface area contributed by atoms with Crippen LogP contribution in [-0.4, -0.2) is 33.1 Å². The molecular formula is C33H35FN2O3. The molecule has 0 radical (unpaired) electrons. The molecule has 0 saturated heterocycles. The normalized spacial score (nSPS) is 21.0. The zero-order valence-electron chi connectivity index (χ0n) is 23.6. The van der Waals surface area contributed by atoms with Gasteiger partial charge in [-0.15, -0.1) is 0 Å². The van der Waals surface area contributed by atoms with E-state index in [1.165, 1.54) is 36.3 Å². The number of amides is 1. The van der Waals surface area contributed by atoms with Crippen LogP contribution in [0.15, 0.2) is 72.8 Å². The van der Waals surface area contributed by atoms with E-state index in [-0.39, 0.29) is 11.8 Å². The molecule has 6 heteroatoms. The first-order chi connectivity index (χ1) is 19.2. The summed E-state index contributed by atoms with van der Waals surface area (Å²) in [6.45, 7) is -1.06. The number of hydrogen-bond acceptors (Lipinski definition) is 4. The van der Waals surface area contributed by atoms with Gasteiger partial charge in [0.25, 0.3) is 0 Å². The Morgan fingerprint density at radius 3 is 2.26 bits per heavy atom. The Hall–Kier alpha value is -3.93. The third-order valence-electron chi connectivity index (χ3n) is 7.99. The highest BCUT2D eigenvalue weighted by Gasteiger charge is 2.44. The number of benzene rings is 3. The van der Waals surface area contributed by atoms with Crippen molar-refractivity contribution in [2.24, 2.45) is 17.8 Å². The van der Waals surface area contributed by atoms with E-state index in [4.69, 9.17) is 0 Å². The summed E-state index contributed by atoms with van der Waals surface area (Å²) in [5.41, 5.74) is 4.53. The average molecular weight is 528 g/mol. The van der Waals surface area contributed by atoms with Gasteiger partial charge in [0, 0.05) is 37.5 Å². The molecule has 0 spiro atoms. The van der Waals surface area contributed by atoms with E-state index in [0.717, 1.165) is 42.5 Å². The first-order valence-corrected chi connectivity index (χ1v) is 13.4. The maximum absolute atomic E-state index is 14.8. The van der Waals surface area contributed by atoms with E-state index < -0.39 is 18.3 Å². The summed E-state index contributed by atoms with van der Waals surface area (Å²) < 4.78 is 28.7. The molecule has 0 N–H and O–H groups in total. The number of esters is 1. The van der Waals surface area contributed by atoms with E-state index in [1.807, 2.05) is 43.3 Å². The fourth-order valence-electron chi connectivity index (χ4n) is 5.92. The first kappa shape index (κ1) is 25.4. The Kier molecular flexibility index (Phi) is 7.44. The highest BCUT2D eigenvalue weighted by molar-refractivity contribution is 5.96. The molecule has 2 saturated carbocycles. The van der Waals surface area contributed by atoms with Crippen LogP contribution in [0.2, 0.25) is 0 Å². The highest BCUT2D eigenvalue weighted by atomic mass is 19.1. The molecule has 1 amide bonds. The number of carbonyl (C=O) groups excluding carboxylic acids is 2. The largest absolute Gasteiger partial charge is 0.466 e. The Morgan fingerprint density at radius 2 is 1.67 bits per heavy atom. The van der Waals surface area contributed by atoms with Crippen LogP contribution in [-0.2, 0) is 20.8 Å². The molecule has 2 aliphatic carbocycles. The fraction of sp³-hybridized carbons (Fsp3) is 0.333. The number of nitrogens with zero attached hydrogens (tertiary/aromatic N) is 2. The summed E-state index contributed by atoms with van der Waals surface area (Å²) >= 11 is 0. The molecule has 3 aromatic carbocycles. The van der Waals surface area contributed by atoms with Gasteiger partial charge in [0.15, 0.2) is 0 Å². The number of hydrogen-bond donors (Lipinski definition) is 0. The van der Waals surface area contributed by atoms with Crippen LogP contribution in [0.3, 0.4) is 0 Å². The summed E-state index contributed by atoms with van der Waals surface area (Å²) in [5, 5.41) is 0. The zero-order valence-corrected chi connectivity index (χ0v) is 22.6. The number of anilines is 2. The quantitative estimate of drug-likeness (QED) is 0.241. The minimum atomic E-state index is -1.06. The molecule has 3 aromatic rings. The van der Waals surface area contributed by atoms with Gasteiger partial charge in [-0.05, 0) is 89.8 Å². The lowest BCUT2D eigenvalue weighted by molar-refractivity contribution is -0.134. The molecule has 0 aromatic heterocycles. The van der Waals surface area contributed by atoms with Gasteiger partial charge in [-0.3, -0.25) is 4.79 Å². The summed E-state index contributed by atoms with van der Waals surface area (Å²) in [5.74, 6) is -0.546. The van der Waals surface area contributed by atoms with Gasteiger partial charge >= 0.3 is 5.97 Å². The van der Waals surface area contributed by atoms with Crippen molar-refractivity contribution < 1.29 is 20.1 Å². The molecule has 2 bridgehead atoms. The van der Waals surface area contributed by atoms with E-state index in [2.05, 4.69) is 29.0 Å². The zero-order chi connectivity index (χ0) is 28.4. The van der Waals surface area contributed by atoms with E-state index in [1.54, 1.807) is 6.07 Å². The average Bonchev–Trinajstić information content (AvgIpc) is 3.60. The molecule has 4 atom stereocenters. The number of ether oxygens (including phenoxy) is 1. The molecule has 0 heterocycles. The first-order valence-electron chi connectivity index (χ1n) is 14.0. The van der Waals surface area contributed by atoms with Crippen LogP contribution in [0, 0.1) is 23.6 Å². The smallest absolute Gasteiger partial charge is 0.330 e. The van der Waals surface area contributed by atoms with Crippen molar-refractivity contribution in [2.75, 3.05) is 31.0 Å². The van der Waals surface area contributed by atoms with E-state index in [0.29, 0.717) is 28.7 Å². The molecule has 202 valence electrons. The predicted molar refractivity (Wildman–Crippen MR) is 154 cm³/mol. The molecule has 2 fully saturated rings. The second-order valence-corrected chi connectivity index (χ2v) is 10.8. The molecule has 2 aliphatic rings. The maximum Gasteiger partial charge on any atom is 0.330 e.